The predicted molar refractivity (Wildman–Crippen MR) is 45.8 cm³/mol. The van der Waals surface area contributed by atoms with Crippen molar-refractivity contribution in [2.24, 2.45) is 0 Å². The van der Waals surface area contributed by atoms with Crippen molar-refractivity contribution in [2.75, 3.05) is 13.7 Å². The summed E-state index contributed by atoms with van der Waals surface area (Å²) in [6.45, 7) is 2.65. The molecule has 1 atom stereocenters. The lowest BCUT2D eigenvalue weighted by atomic mass is 10.4. The Labute approximate surface area is 77.5 Å². The minimum Gasteiger partial charge on any atom is -0.494 e. The molecule has 0 fully saturated rings. The monoisotopic (exact) mass is 186 g/mol. The third-order valence-corrected chi connectivity index (χ3v) is 1.72. The fourth-order valence-electron chi connectivity index (χ4n) is 0.988. The normalized spacial score (nSPS) is 21.2. The molecule has 1 rings (SSSR count). The lowest BCUT2D eigenvalue weighted by Gasteiger charge is -2.13. The number of methoxy groups -OCH3 is 1. The number of ether oxygens (including phenoxy) is 3. The van der Waals surface area contributed by atoms with E-state index in [2.05, 4.69) is 6.92 Å². The van der Waals surface area contributed by atoms with Gasteiger partial charge in [0.1, 0.15) is 0 Å². The van der Waals surface area contributed by atoms with Gasteiger partial charge < -0.3 is 14.2 Å². The Morgan fingerprint density at radius 2 is 2.38 bits per heavy atom. The van der Waals surface area contributed by atoms with Gasteiger partial charge >= 0.3 is 5.97 Å². The second kappa shape index (κ2) is 4.87. The molecule has 0 aromatic carbocycles. The third-order valence-electron chi connectivity index (χ3n) is 1.72. The first kappa shape index (κ1) is 10.1. The first-order valence-corrected chi connectivity index (χ1v) is 4.35. The molecular formula is C9H14O4. The highest BCUT2D eigenvalue weighted by molar-refractivity contribution is 5.85. The van der Waals surface area contributed by atoms with Crippen LogP contribution in [0.25, 0.3) is 0 Å². The van der Waals surface area contributed by atoms with Gasteiger partial charge in [-0.1, -0.05) is 13.3 Å². The molecule has 0 amide bonds. The Morgan fingerprint density at radius 3 is 3.00 bits per heavy atom. The van der Waals surface area contributed by atoms with Gasteiger partial charge in [0.05, 0.1) is 19.8 Å². The van der Waals surface area contributed by atoms with Crippen LogP contribution in [0.15, 0.2) is 11.8 Å². The highest BCUT2D eigenvalue weighted by atomic mass is 16.7. The van der Waals surface area contributed by atoms with E-state index in [1.54, 1.807) is 0 Å². The van der Waals surface area contributed by atoms with Crippen molar-refractivity contribution in [2.45, 2.75) is 26.1 Å². The summed E-state index contributed by atoms with van der Waals surface area (Å²) in [6.07, 6.45) is 2.66. The zero-order chi connectivity index (χ0) is 9.68. The van der Waals surface area contributed by atoms with Gasteiger partial charge in [0.25, 0.3) is 6.29 Å². The van der Waals surface area contributed by atoms with Crippen molar-refractivity contribution in [1.29, 1.82) is 0 Å². The SMILES string of the molecule is CCCCOC1OC(=O)C=C1OC. The van der Waals surface area contributed by atoms with Crippen molar-refractivity contribution in [3.8, 4) is 0 Å². The first-order chi connectivity index (χ1) is 6.27. The van der Waals surface area contributed by atoms with Crippen LogP contribution >= 0.6 is 0 Å². The highest BCUT2D eigenvalue weighted by Gasteiger charge is 2.27. The van der Waals surface area contributed by atoms with Crippen LogP contribution in [-0.4, -0.2) is 26.0 Å². The summed E-state index contributed by atoms with van der Waals surface area (Å²) in [5.41, 5.74) is 0. The smallest absolute Gasteiger partial charge is 0.337 e. The first-order valence-electron chi connectivity index (χ1n) is 4.35. The molecule has 0 saturated heterocycles. The molecule has 0 saturated carbocycles. The lowest BCUT2D eigenvalue weighted by Crippen LogP contribution is -2.17. The van der Waals surface area contributed by atoms with Crippen LogP contribution in [-0.2, 0) is 19.0 Å². The Balaban J connectivity index is 2.34. The van der Waals surface area contributed by atoms with E-state index < -0.39 is 12.3 Å². The molecule has 0 N–H and O–H groups in total. The number of carbonyl (C=O) groups is 1. The summed E-state index contributed by atoms with van der Waals surface area (Å²) in [7, 11) is 1.49. The number of hydrogen-bond donors (Lipinski definition) is 0. The molecule has 0 aromatic rings. The van der Waals surface area contributed by atoms with E-state index in [-0.39, 0.29) is 0 Å². The molecule has 0 aromatic heterocycles. The number of carbonyl (C=O) groups excluding carboxylic acids is 1. The predicted octanol–water partition coefficient (Wildman–Crippen LogP) is 1.22. The summed E-state index contributed by atoms with van der Waals surface area (Å²) >= 11 is 0. The molecule has 1 heterocycles. The van der Waals surface area contributed by atoms with E-state index in [9.17, 15) is 4.79 Å². The minimum atomic E-state index is -0.635. The maximum absolute atomic E-state index is 10.8. The Kier molecular flexibility index (Phi) is 3.76. The maximum atomic E-state index is 10.8. The van der Waals surface area contributed by atoms with Crippen LogP contribution in [0, 0.1) is 0 Å². The average molecular weight is 186 g/mol. The van der Waals surface area contributed by atoms with E-state index >= 15 is 0 Å². The zero-order valence-electron chi connectivity index (χ0n) is 7.91. The van der Waals surface area contributed by atoms with Crippen LogP contribution in [0.5, 0.6) is 0 Å². The quantitative estimate of drug-likeness (QED) is 0.478. The molecule has 0 bridgehead atoms. The largest absolute Gasteiger partial charge is 0.494 e. The number of esters is 1. The van der Waals surface area contributed by atoms with E-state index in [1.165, 1.54) is 13.2 Å². The average Bonchev–Trinajstić information content (AvgIpc) is 2.47. The standard InChI is InChI=1S/C9H14O4/c1-3-4-5-12-9-7(11-2)6-8(10)13-9/h6,9H,3-5H2,1-2H3. The van der Waals surface area contributed by atoms with Crippen molar-refractivity contribution in [1.82, 2.24) is 0 Å². The second-order valence-electron chi connectivity index (χ2n) is 2.74. The van der Waals surface area contributed by atoms with Gasteiger partial charge in [-0.15, -0.1) is 0 Å². The van der Waals surface area contributed by atoms with Gasteiger partial charge in [-0.05, 0) is 6.42 Å². The molecule has 1 aliphatic rings. The third kappa shape index (κ3) is 2.73. The fraction of sp³-hybridized carbons (Fsp3) is 0.667. The lowest BCUT2D eigenvalue weighted by molar-refractivity contribution is -0.163. The topological polar surface area (TPSA) is 44.8 Å². The van der Waals surface area contributed by atoms with Gasteiger partial charge in [-0.3, -0.25) is 0 Å². The number of unbranched alkanes of at least 4 members (excludes halogenated alkanes) is 1. The Morgan fingerprint density at radius 1 is 1.62 bits per heavy atom. The van der Waals surface area contributed by atoms with E-state index in [4.69, 9.17) is 14.2 Å². The van der Waals surface area contributed by atoms with Gasteiger partial charge in [-0.25, -0.2) is 4.79 Å². The maximum Gasteiger partial charge on any atom is 0.337 e. The van der Waals surface area contributed by atoms with E-state index in [0.29, 0.717) is 12.4 Å². The Bertz CT molecular complexity index is 210. The van der Waals surface area contributed by atoms with Gasteiger partial charge in [0, 0.05) is 0 Å². The number of hydrogen-bond acceptors (Lipinski definition) is 4. The second-order valence-corrected chi connectivity index (χ2v) is 2.74. The van der Waals surface area contributed by atoms with Crippen molar-refractivity contribution in [3.63, 3.8) is 0 Å². The van der Waals surface area contributed by atoms with Crippen LogP contribution in [0.4, 0.5) is 0 Å². The zero-order valence-corrected chi connectivity index (χ0v) is 7.91. The molecule has 1 aliphatic heterocycles. The summed E-state index contributed by atoms with van der Waals surface area (Å²) in [5.74, 6) is 0.0412. The van der Waals surface area contributed by atoms with Crippen LogP contribution in [0.3, 0.4) is 0 Å². The van der Waals surface area contributed by atoms with Crippen LogP contribution in [0.2, 0.25) is 0 Å². The molecule has 4 heteroatoms. The minimum absolute atomic E-state index is 0.404. The van der Waals surface area contributed by atoms with E-state index in [1.807, 2.05) is 0 Å². The fourth-order valence-corrected chi connectivity index (χ4v) is 0.988. The molecule has 13 heavy (non-hydrogen) atoms. The summed E-state index contributed by atoms with van der Waals surface area (Å²) in [4.78, 5) is 10.8. The van der Waals surface area contributed by atoms with Gasteiger partial charge in [-0.2, -0.15) is 0 Å². The van der Waals surface area contributed by atoms with E-state index in [0.717, 1.165) is 12.8 Å². The molecule has 4 nitrogen and oxygen atoms in total. The summed E-state index contributed by atoms with van der Waals surface area (Å²) in [6, 6.07) is 0. The Hall–Kier alpha value is -1.03. The van der Waals surface area contributed by atoms with Crippen LogP contribution in [0.1, 0.15) is 19.8 Å². The summed E-state index contributed by atoms with van der Waals surface area (Å²) < 4.78 is 15.0. The van der Waals surface area contributed by atoms with Crippen molar-refractivity contribution >= 4 is 5.97 Å². The van der Waals surface area contributed by atoms with Gasteiger partial charge in [0.2, 0.25) is 0 Å². The molecule has 0 radical (unpaired) electrons. The molecule has 0 spiro atoms. The van der Waals surface area contributed by atoms with Crippen LogP contribution < -0.4 is 0 Å². The molecule has 0 aliphatic carbocycles. The van der Waals surface area contributed by atoms with Crippen molar-refractivity contribution < 1.29 is 19.0 Å². The summed E-state index contributed by atoms with van der Waals surface area (Å²) in [5, 5.41) is 0. The molecular weight excluding hydrogens is 172 g/mol. The highest BCUT2D eigenvalue weighted by Crippen LogP contribution is 2.17. The van der Waals surface area contributed by atoms with Crippen molar-refractivity contribution in [3.05, 3.63) is 11.8 Å². The van der Waals surface area contributed by atoms with Gasteiger partial charge in [0.15, 0.2) is 5.76 Å². The number of rotatable bonds is 5. The molecule has 74 valence electrons. The number of cyclic esters (lactones) is 1. The molecule has 1 unspecified atom stereocenters.